The molecule has 2 aromatic rings. The molecule has 0 bridgehead atoms. The van der Waals surface area contributed by atoms with E-state index in [-0.39, 0.29) is 22.9 Å². The van der Waals surface area contributed by atoms with Crippen molar-refractivity contribution in [3.05, 3.63) is 63.6 Å². The fraction of sp³-hybridized carbons (Fsp3) is 0.421. The molecule has 5 heteroatoms. The summed E-state index contributed by atoms with van der Waals surface area (Å²) in [7, 11) is 1.67. The van der Waals surface area contributed by atoms with E-state index < -0.39 is 0 Å². The Bertz CT molecular complexity index is 837. The molecule has 0 unspecified atom stereocenters. The lowest BCUT2D eigenvalue weighted by Crippen LogP contribution is -2.44. The summed E-state index contributed by atoms with van der Waals surface area (Å²) < 4.78 is 1.38. The maximum atomic E-state index is 12.8. The lowest BCUT2D eigenvalue weighted by atomic mass is 9.90. The average Bonchev–Trinajstić information content (AvgIpc) is 3.39. The number of aromatic nitrogens is 2. The van der Waals surface area contributed by atoms with Crippen LogP contribution < -0.4 is 10.9 Å². The van der Waals surface area contributed by atoms with Crippen LogP contribution in [0.1, 0.15) is 36.1 Å². The monoisotopic (exact) mass is 323 g/mol. The van der Waals surface area contributed by atoms with Gasteiger partial charge in [0.1, 0.15) is 0 Å². The van der Waals surface area contributed by atoms with E-state index in [1.807, 2.05) is 30.3 Å². The SMILES string of the molecule is Cn1nc2c(cc1=O)C[C@@H](NC(=O)C1(c3ccccc3)CC1)CC2. The maximum absolute atomic E-state index is 12.8. The number of nitrogens with zero attached hydrogens (tertiary/aromatic N) is 2. The normalized spacial score (nSPS) is 21.0. The Hall–Kier alpha value is -2.43. The minimum Gasteiger partial charge on any atom is -0.352 e. The molecule has 1 N–H and O–H groups in total. The molecule has 0 saturated heterocycles. The number of benzene rings is 1. The van der Waals surface area contributed by atoms with E-state index in [0.717, 1.165) is 42.5 Å². The Labute approximate surface area is 140 Å². The predicted octanol–water partition coefficient (Wildman–Crippen LogP) is 1.49. The van der Waals surface area contributed by atoms with E-state index in [4.69, 9.17) is 0 Å². The van der Waals surface area contributed by atoms with E-state index in [9.17, 15) is 9.59 Å². The van der Waals surface area contributed by atoms with Gasteiger partial charge in [-0.3, -0.25) is 9.59 Å². The lowest BCUT2D eigenvalue weighted by Gasteiger charge is -2.27. The Morgan fingerprint density at radius 1 is 1.29 bits per heavy atom. The lowest BCUT2D eigenvalue weighted by molar-refractivity contribution is -0.124. The summed E-state index contributed by atoms with van der Waals surface area (Å²) in [6, 6.07) is 11.8. The van der Waals surface area contributed by atoms with Crippen LogP contribution in [0, 0.1) is 0 Å². The largest absolute Gasteiger partial charge is 0.352 e. The number of hydrogen-bond acceptors (Lipinski definition) is 3. The number of fused-ring (bicyclic) bond motifs is 1. The smallest absolute Gasteiger partial charge is 0.266 e. The fourth-order valence-electron chi connectivity index (χ4n) is 3.66. The molecule has 0 radical (unpaired) electrons. The molecule has 2 aliphatic rings. The molecule has 5 nitrogen and oxygen atoms in total. The molecular weight excluding hydrogens is 302 g/mol. The van der Waals surface area contributed by atoms with Gasteiger partial charge < -0.3 is 5.32 Å². The first-order valence-corrected chi connectivity index (χ1v) is 8.51. The highest BCUT2D eigenvalue weighted by Crippen LogP contribution is 2.48. The second kappa shape index (κ2) is 5.58. The Kier molecular flexibility index (Phi) is 3.52. The molecule has 0 aliphatic heterocycles. The highest BCUT2D eigenvalue weighted by molar-refractivity contribution is 5.91. The molecule has 1 aromatic heterocycles. The predicted molar refractivity (Wildman–Crippen MR) is 90.8 cm³/mol. The molecule has 1 fully saturated rings. The summed E-state index contributed by atoms with van der Waals surface area (Å²) in [6.45, 7) is 0. The standard InChI is InChI=1S/C19H21N3O2/c1-22-17(23)12-13-11-15(7-8-16(13)21-22)20-18(24)19(9-10-19)14-5-3-2-4-6-14/h2-6,12,15H,7-11H2,1H3,(H,20,24)/t15-/m0/s1. The number of rotatable bonds is 3. The summed E-state index contributed by atoms with van der Waals surface area (Å²) in [4.78, 5) is 24.6. The number of amides is 1. The summed E-state index contributed by atoms with van der Waals surface area (Å²) in [5.74, 6) is 0.124. The van der Waals surface area contributed by atoms with Crippen LogP contribution in [0.5, 0.6) is 0 Å². The molecule has 1 saturated carbocycles. The van der Waals surface area contributed by atoms with Crippen LogP contribution in [0.4, 0.5) is 0 Å². The highest BCUT2D eigenvalue weighted by atomic mass is 16.2. The van der Waals surface area contributed by atoms with Crippen molar-refractivity contribution in [3.8, 4) is 0 Å². The van der Waals surface area contributed by atoms with Crippen LogP contribution in [-0.2, 0) is 30.1 Å². The van der Waals surface area contributed by atoms with Crippen molar-refractivity contribution in [2.45, 2.75) is 43.6 Å². The van der Waals surface area contributed by atoms with Crippen LogP contribution in [0.3, 0.4) is 0 Å². The van der Waals surface area contributed by atoms with E-state index in [1.165, 1.54) is 4.68 Å². The van der Waals surface area contributed by atoms with Crippen molar-refractivity contribution >= 4 is 5.91 Å². The van der Waals surface area contributed by atoms with Crippen LogP contribution >= 0.6 is 0 Å². The van der Waals surface area contributed by atoms with Gasteiger partial charge in [-0.15, -0.1) is 0 Å². The summed E-state index contributed by atoms with van der Waals surface area (Å²) in [6.07, 6.45) is 4.18. The maximum Gasteiger partial charge on any atom is 0.266 e. The molecular formula is C19H21N3O2. The van der Waals surface area contributed by atoms with Gasteiger partial charge in [0.15, 0.2) is 0 Å². The zero-order valence-corrected chi connectivity index (χ0v) is 13.8. The molecule has 2 aliphatic carbocycles. The molecule has 1 amide bonds. The van der Waals surface area contributed by atoms with Crippen LogP contribution in [0.25, 0.3) is 0 Å². The van der Waals surface area contributed by atoms with Crippen molar-refractivity contribution < 1.29 is 4.79 Å². The van der Waals surface area contributed by atoms with Crippen molar-refractivity contribution in [1.29, 1.82) is 0 Å². The number of hydrogen-bond donors (Lipinski definition) is 1. The summed E-state index contributed by atoms with van der Waals surface area (Å²) in [5, 5.41) is 7.55. The Morgan fingerprint density at radius 3 is 2.75 bits per heavy atom. The summed E-state index contributed by atoms with van der Waals surface area (Å²) >= 11 is 0. The molecule has 1 atom stereocenters. The van der Waals surface area contributed by atoms with Gasteiger partial charge in [0.05, 0.1) is 11.1 Å². The van der Waals surface area contributed by atoms with Gasteiger partial charge in [0.2, 0.25) is 5.91 Å². The molecule has 1 heterocycles. The minimum atomic E-state index is -0.341. The average molecular weight is 323 g/mol. The first kappa shape index (κ1) is 15.1. The second-order valence-electron chi connectivity index (χ2n) is 6.94. The van der Waals surface area contributed by atoms with Crippen molar-refractivity contribution in [2.75, 3.05) is 0 Å². The number of carbonyl (C=O) groups excluding carboxylic acids is 1. The van der Waals surface area contributed by atoms with Crippen LogP contribution in [0.15, 0.2) is 41.2 Å². The summed E-state index contributed by atoms with van der Waals surface area (Å²) in [5.41, 5.74) is 2.62. The van der Waals surface area contributed by atoms with E-state index in [2.05, 4.69) is 10.4 Å². The quantitative estimate of drug-likeness (QED) is 0.931. The van der Waals surface area contributed by atoms with Gasteiger partial charge in [-0.05, 0) is 43.2 Å². The fourth-order valence-corrected chi connectivity index (χ4v) is 3.66. The Balaban J connectivity index is 1.50. The van der Waals surface area contributed by atoms with E-state index in [0.29, 0.717) is 6.42 Å². The highest BCUT2D eigenvalue weighted by Gasteiger charge is 2.51. The first-order chi connectivity index (χ1) is 11.6. The van der Waals surface area contributed by atoms with Crippen LogP contribution in [-0.4, -0.2) is 21.7 Å². The zero-order valence-electron chi connectivity index (χ0n) is 13.8. The Morgan fingerprint density at radius 2 is 2.04 bits per heavy atom. The van der Waals surface area contributed by atoms with Gasteiger partial charge >= 0.3 is 0 Å². The topological polar surface area (TPSA) is 64.0 Å². The van der Waals surface area contributed by atoms with Gasteiger partial charge in [0.25, 0.3) is 5.56 Å². The van der Waals surface area contributed by atoms with Gasteiger partial charge in [-0.25, -0.2) is 4.68 Å². The van der Waals surface area contributed by atoms with Crippen molar-refractivity contribution in [1.82, 2.24) is 15.1 Å². The number of nitrogens with one attached hydrogen (secondary N) is 1. The molecule has 0 spiro atoms. The third kappa shape index (κ3) is 2.54. The first-order valence-electron chi connectivity index (χ1n) is 8.51. The van der Waals surface area contributed by atoms with E-state index >= 15 is 0 Å². The molecule has 1 aromatic carbocycles. The number of carbonyl (C=O) groups is 1. The minimum absolute atomic E-state index is 0.0834. The third-order valence-corrected chi connectivity index (χ3v) is 5.30. The van der Waals surface area contributed by atoms with Gasteiger partial charge in [0, 0.05) is 19.2 Å². The van der Waals surface area contributed by atoms with Gasteiger partial charge in [-0.1, -0.05) is 30.3 Å². The van der Waals surface area contributed by atoms with E-state index in [1.54, 1.807) is 13.1 Å². The number of aryl methyl sites for hydroxylation is 2. The van der Waals surface area contributed by atoms with Gasteiger partial charge in [-0.2, -0.15) is 5.10 Å². The van der Waals surface area contributed by atoms with Crippen LogP contribution in [0.2, 0.25) is 0 Å². The molecule has 24 heavy (non-hydrogen) atoms. The van der Waals surface area contributed by atoms with Crippen molar-refractivity contribution in [2.24, 2.45) is 7.05 Å². The van der Waals surface area contributed by atoms with Crippen molar-refractivity contribution in [3.63, 3.8) is 0 Å². The third-order valence-electron chi connectivity index (χ3n) is 5.30. The second-order valence-corrected chi connectivity index (χ2v) is 6.94. The molecule has 124 valence electrons. The molecule has 4 rings (SSSR count). The zero-order chi connectivity index (χ0) is 16.7.